The van der Waals surface area contributed by atoms with E-state index in [9.17, 15) is 4.79 Å². The Morgan fingerprint density at radius 2 is 1.94 bits per heavy atom. The Morgan fingerprint density at radius 1 is 1.18 bits per heavy atom. The molecule has 0 saturated carbocycles. The van der Waals surface area contributed by atoms with Gasteiger partial charge >= 0.3 is 0 Å². The summed E-state index contributed by atoms with van der Waals surface area (Å²) in [5.41, 5.74) is 13.9. The summed E-state index contributed by atoms with van der Waals surface area (Å²) >= 11 is 6.42. The van der Waals surface area contributed by atoms with Crippen LogP contribution in [0.25, 0.3) is 21.3 Å². The van der Waals surface area contributed by atoms with E-state index >= 15 is 0 Å². The average Bonchev–Trinajstić information content (AvgIpc) is 2.78. The lowest BCUT2D eigenvalue weighted by Gasteiger charge is -2.25. The van der Waals surface area contributed by atoms with E-state index in [-0.39, 0.29) is 28.8 Å². The largest absolute Gasteiger partial charge is 0.392 e. The number of aryl methyl sites for hydroxylation is 1. The molecule has 1 atom stereocenters. The van der Waals surface area contributed by atoms with Crippen LogP contribution in [0.3, 0.4) is 0 Å². The molecule has 0 unspecified atom stereocenters. The van der Waals surface area contributed by atoms with Crippen LogP contribution in [0.2, 0.25) is 5.02 Å². The maximum atomic E-state index is 13.8. The summed E-state index contributed by atoms with van der Waals surface area (Å²) in [7, 11) is 0. The summed E-state index contributed by atoms with van der Waals surface area (Å²) < 4.78 is 1.66. The fraction of sp³-hybridized carbons (Fsp3) is 0.167. The number of pyridine rings is 1. The number of nitrogens with one attached hydrogen (secondary N) is 1. The number of para-hydroxylation sites is 1. The normalized spacial score (nSPS) is 11.8. The van der Waals surface area contributed by atoms with Gasteiger partial charge in [-0.25, -0.2) is 14.8 Å². The number of aromatic nitrogens is 3. The van der Waals surface area contributed by atoms with Gasteiger partial charge in [0.1, 0.15) is 11.6 Å². The van der Waals surface area contributed by atoms with Gasteiger partial charge in [-0.15, -0.1) is 0 Å². The number of hydrogen-bond acceptors (Lipinski definition) is 6. The number of hydrogen-bond donors (Lipinski definition) is 3. The van der Waals surface area contributed by atoms with Gasteiger partial charge in [0, 0.05) is 5.69 Å². The standard InChI is InChI=1S/C24H22ClN7O/c1-4-16(29-22-20(28-3)21(26)30-24(27)31-22)18-12-14-9-7-10-15(25)19(14)23(33)32(18)17-11-6-5-8-13(17)2/h5-12,16H,4H2,1-2H3,(H5,26,27,29,30,31)/t16-/m0/s1. The van der Waals surface area contributed by atoms with Crippen molar-refractivity contribution in [1.29, 1.82) is 0 Å². The molecule has 0 saturated heterocycles. The van der Waals surface area contributed by atoms with Gasteiger partial charge < -0.3 is 16.8 Å². The Bertz CT molecular complexity index is 1470. The highest BCUT2D eigenvalue weighted by Gasteiger charge is 2.22. The van der Waals surface area contributed by atoms with E-state index < -0.39 is 6.04 Å². The van der Waals surface area contributed by atoms with E-state index in [2.05, 4.69) is 20.1 Å². The molecule has 0 radical (unpaired) electrons. The molecule has 2 aromatic heterocycles. The molecule has 0 aliphatic rings. The van der Waals surface area contributed by atoms with Crippen molar-refractivity contribution in [2.75, 3.05) is 16.8 Å². The number of nitrogens with two attached hydrogens (primary N) is 2. The second kappa shape index (κ2) is 8.81. The zero-order valence-corrected chi connectivity index (χ0v) is 18.9. The third-order valence-electron chi connectivity index (χ3n) is 5.50. The Morgan fingerprint density at radius 3 is 2.64 bits per heavy atom. The minimum atomic E-state index is -0.394. The fourth-order valence-electron chi connectivity index (χ4n) is 3.91. The Labute approximate surface area is 195 Å². The van der Waals surface area contributed by atoms with Crippen molar-refractivity contribution in [3.63, 3.8) is 0 Å². The van der Waals surface area contributed by atoms with Crippen molar-refractivity contribution in [2.45, 2.75) is 26.3 Å². The second-order valence-electron chi connectivity index (χ2n) is 7.58. The number of benzene rings is 2. The van der Waals surface area contributed by atoms with Crippen molar-refractivity contribution in [3.05, 3.63) is 86.6 Å². The third-order valence-corrected chi connectivity index (χ3v) is 5.81. The molecule has 0 spiro atoms. The van der Waals surface area contributed by atoms with Crippen LogP contribution in [-0.2, 0) is 0 Å². The van der Waals surface area contributed by atoms with Crippen molar-refractivity contribution < 1.29 is 0 Å². The monoisotopic (exact) mass is 459 g/mol. The molecule has 2 heterocycles. The fourth-order valence-corrected chi connectivity index (χ4v) is 4.17. The van der Waals surface area contributed by atoms with Crippen molar-refractivity contribution in [2.24, 2.45) is 0 Å². The second-order valence-corrected chi connectivity index (χ2v) is 7.99. The Kier molecular flexibility index (Phi) is 5.90. The average molecular weight is 460 g/mol. The smallest absolute Gasteiger partial charge is 0.268 e. The highest BCUT2D eigenvalue weighted by atomic mass is 35.5. The van der Waals surface area contributed by atoms with Gasteiger partial charge in [-0.05, 0) is 42.5 Å². The van der Waals surface area contributed by atoms with Crippen LogP contribution in [0.15, 0.2) is 53.3 Å². The van der Waals surface area contributed by atoms with E-state index in [1.807, 2.05) is 56.3 Å². The lowest BCUT2D eigenvalue weighted by Crippen LogP contribution is -2.27. The quantitative estimate of drug-likeness (QED) is 0.361. The summed E-state index contributed by atoms with van der Waals surface area (Å²) in [4.78, 5) is 25.3. The molecule has 0 aliphatic carbocycles. The van der Waals surface area contributed by atoms with E-state index in [0.29, 0.717) is 22.5 Å². The maximum absolute atomic E-state index is 13.8. The first-order chi connectivity index (χ1) is 15.8. The third kappa shape index (κ3) is 3.95. The summed E-state index contributed by atoms with van der Waals surface area (Å²) in [6, 6.07) is 14.5. The molecule has 0 aliphatic heterocycles. The van der Waals surface area contributed by atoms with Gasteiger partial charge in [-0.1, -0.05) is 48.9 Å². The van der Waals surface area contributed by atoms with Crippen molar-refractivity contribution >= 4 is 45.6 Å². The number of anilines is 3. The van der Waals surface area contributed by atoms with Gasteiger partial charge in [0.15, 0.2) is 0 Å². The van der Waals surface area contributed by atoms with Crippen LogP contribution in [0.4, 0.5) is 23.3 Å². The Balaban J connectivity index is 2.00. The number of rotatable bonds is 5. The molecule has 2 aromatic carbocycles. The van der Waals surface area contributed by atoms with Gasteiger partial charge in [0.05, 0.1) is 28.7 Å². The Hall–Kier alpha value is -4.09. The summed E-state index contributed by atoms with van der Waals surface area (Å²) in [6.07, 6.45) is 0.582. The predicted molar refractivity (Wildman–Crippen MR) is 133 cm³/mol. The van der Waals surface area contributed by atoms with E-state index in [0.717, 1.165) is 16.6 Å². The summed E-state index contributed by atoms with van der Waals surface area (Å²) in [5.74, 6) is 0.173. The molecule has 33 heavy (non-hydrogen) atoms. The number of fused-ring (bicyclic) bond motifs is 1. The maximum Gasteiger partial charge on any atom is 0.268 e. The lowest BCUT2D eigenvalue weighted by atomic mass is 10.0. The lowest BCUT2D eigenvalue weighted by molar-refractivity contribution is 0.688. The molecule has 0 bridgehead atoms. The molecular weight excluding hydrogens is 438 g/mol. The molecule has 0 fully saturated rings. The topological polar surface area (TPSA) is 116 Å². The highest BCUT2D eigenvalue weighted by Crippen LogP contribution is 2.34. The van der Waals surface area contributed by atoms with Crippen molar-refractivity contribution in [3.8, 4) is 5.69 Å². The van der Waals surface area contributed by atoms with Crippen LogP contribution in [0.1, 0.15) is 30.6 Å². The SMILES string of the molecule is [C-]#[N+]c1c(N)nc(N)nc1N[C@@H](CC)c1cc2cccc(Cl)c2c(=O)n1-c1ccccc1C. The molecule has 9 heteroatoms. The van der Waals surface area contributed by atoms with Gasteiger partial charge in [-0.3, -0.25) is 9.36 Å². The number of halogens is 1. The minimum Gasteiger partial charge on any atom is -0.392 e. The molecular formula is C24H22ClN7O. The van der Waals surface area contributed by atoms with Gasteiger partial charge in [0.25, 0.3) is 11.2 Å². The van der Waals surface area contributed by atoms with E-state index in [4.69, 9.17) is 29.6 Å². The molecule has 4 aromatic rings. The molecule has 8 nitrogen and oxygen atoms in total. The van der Waals surface area contributed by atoms with Crippen LogP contribution < -0.4 is 22.3 Å². The van der Waals surface area contributed by atoms with Crippen LogP contribution in [0, 0.1) is 13.5 Å². The number of nitrogen functional groups attached to an aromatic ring is 2. The highest BCUT2D eigenvalue weighted by molar-refractivity contribution is 6.35. The summed E-state index contributed by atoms with van der Waals surface area (Å²) in [5, 5.41) is 4.82. The first kappa shape index (κ1) is 22.1. The zero-order chi connectivity index (χ0) is 23.7. The van der Waals surface area contributed by atoms with E-state index in [1.54, 1.807) is 10.6 Å². The van der Waals surface area contributed by atoms with Gasteiger partial charge in [-0.2, -0.15) is 0 Å². The predicted octanol–water partition coefficient (Wildman–Crippen LogP) is 5.02. The molecule has 5 N–H and O–H groups in total. The number of nitrogens with zero attached hydrogens (tertiary/aromatic N) is 4. The molecule has 0 amide bonds. The van der Waals surface area contributed by atoms with Crippen LogP contribution >= 0.6 is 11.6 Å². The van der Waals surface area contributed by atoms with Gasteiger partial charge in [0.2, 0.25) is 5.95 Å². The van der Waals surface area contributed by atoms with Crippen LogP contribution in [0.5, 0.6) is 0 Å². The summed E-state index contributed by atoms with van der Waals surface area (Å²) in [6.45, 7) is 11.4. The molecule has 166 valence electrons. The first-order valence-electron chi connectivity index (χ1n) is 10.3. The zero-order valence-electron chi connectivity index (χ0n) is 18.1. The van der Waals surface area contributed by atoms with Crippen molar-refractivity contribution in [1.82, 2.24) is 14.5 Å². The minimum absolute atomic E-state index is 0.00330. The van der Waals surface area contributed by atoms with E-state index in [1.165, 1.54) is 0 Å². The van der Waals surface area contributed by atoms with Crippen LogP contribution in [-0.4, -0.2) is 14.5 Å². The first-order valence-corrected chi connectivity index (χ1v) is 10.7. The molecule has 4 rings (SSSR count).